The number of rotatable bonds is 2. The molecule has 0 aliphatic carbocycles. The van der Waals surface area contributed by atoms with E-state index in [1.807, 2.05) is 30.0 Å². The van der Waals surface area contributed by atoms with Crippen LogP contribution in [0.3, 0.4) is 0 Å². The molecule has 1 unspecified atom stereocenters. The summed E-state index contributed by atoms with van der Waals surface area (Å²) in [7, 11) is 0. The molecular weight excluding hydrogens is 242 g/mol. The lowest BCUT2D eigenvalue weighted by molar-refractivity contribution is 0.686. The van der Waals surface area contributed by atoms with Crippen LogP contribution in [0.5, 0.6) is 0 Å². The van der Waals surface area contributed by atoms with Gasteiger partial charge in [-0.1, -0.05) is 18.2 Å². The molecule has 3 N–H and O–H groups in total. The van der Waals surface area contributed by atoms with Gasteiger partial charge in [-0.25, -0.2) is 0 Å². The Morgan fingerprint density at radius 1 is 1.33 bits per heavy atom. The van der Waals surface area contributed by atoms with E-state index >= 15 is 0 Å². The smallest absolute Gasteiger partial charge is 0.0743 e. The van der Waals surface area contributed by atoms with Crippen LogP contribution >= 0.6 is 11.8 Å². The highest BCUT2D eigenvalue weighted by Crippen LogP contribution is 2.30. The van der Waals surface area contributed by atoms with Gasteiger partial charge in [0.25, 0.3) is 0 Å². The number of para-hydroxylation sites is 1. The van der Waals surface area contributed by atoms with Crippen molar-refractivity contribution >= 4 is 34.0 Å². The summed E-state index contributed by atoms with van der Waals surface area (Å²) in [6.45, 7) is 0. The number of hydrogen-bond donors (Lipinski definition) is 2. The van der Waals surface area contributed by atoms with Crippen LogP contribution < -0.4 is 11.1 Å². The Morgan fingerprint density at radius 3 is 3.06 bits per heavy atom. The van der Waals surface area contributed by atoms with Gasteiger partial charge < -0.3 is 11.1 Å². The van der Waals surface area contributed by atoms with Crippen molar-refractivity contribution in [3.63, 3.8) is 0 Å². The van der Waals surface area contributed by atoms with E-state index in [2.05, 4.69) is 16.4 Å². The van der Waals surface area contributed by atoms with E-state index in [1.54, 1.807) is 6.20 Å². The lowest BCUT2D eigenvalue weighted by atomic mass is 10.1. The van der Waals surface area contributed by atoms with Crippen LogP contribution in [0, 0.1) is 0 Å². The monoisotopic (exact) mass is 259 g/mol. The van der Waals surface area contributed by atoms with Crippen molar-refractivity contribution in [2.75, 3.05) is 22.6 Å². The largest absolute Gasteiger partial charge is 0.396 e. The number of anilines is 2. The molecular formula is C14H17N3S. The Kier molecular flexibility index (Phi) is 3.28. The first-order chi connectivity index (χ1) is 8.84. The zero-order valence-electron chi connectivity index (χ0n) is 10.2. The zero-order chi connectivity index (χ0) is 12.4. The minimum atomic E-state index is 0.525. The molecule has 0 saturated carbocycles. The number of nitrogens with zero attached hydrogens (tertiary/aromatic N) is 1. The van der Waals surface area contributed by atoms with Crippen LogP contribution in [-0.4, -0.2) is 22.5 Å². The normalized spacial score (nSPS) is 19.9. The summed E-state index contributed by atoms with van der Waals surface area (Å²) in [5.41, 5.74) is 8.86. The average Bonchev–Trinajstić information content (AvgIpc) is 2.43. The van der Waals surface area contributed by atoms with E-state index in [-0.39, 0.29) is 0 Å². The number of hydrogen-bond acceptors (Lipinski definition) is 4. The van der Waals surface area contributed by atoms with Crippen LogP contribution in [-0.2, 0) is 0 Å². The van der Waals surface area contributed by atoms with Gasteiger partial charge in [0.15, 0.2) is 0 Å². The van der Waals surface area contributed by atoms with Crippen LogP contribution in [0.15, 0.2) is 30.5 Å². The third-order valence-electron chi connectivity index (χ3n) is 3.31. The maximum absolute atomic E-state index is 6.07. The summed E-state index contributed by atoms with van der Waals surface area (Å²) in [4.78, 5) is 4.36. The summed E-state index contributed by atoms with van der Waals surface area (Å²) in [5, 5.41) is 4.72. The number of nitrogen functional groups attached to an aromatic ring is 1. The summed E-state index contributed by atoms with van der Waals surface area (Å²) in [5.74, 6) is 2.45. The number of benzene rings is 1. The quantitative estimate of drug-likeness (QED) is 0.870. The van der Waals surface area contributed by atoms with Crippen molar-refractivity contribution in [2.45, 2.75) is 18.9 Å². The fraction of sp³-hybridized carbons (Fsp3) is 0.357. The number of pyridine rings is 1. The third-order valence-corrected chi connectivity index (χ3v) is 4.53. The van der Waals surface area contributed by atoms with E-state index in [4.69, 9.17) is 5.73 Å². The van der Waals surface area contributed by atoms with Crippen LogP contribution in [0.25, 0.3) is 10.9 Å². The van der Waals surface area contributed by atoms with E-state index in [0.717, 1.165) is 28.0 Å². The SMILES string of the molecule is Nc1cnc2ccccc2c1NC1CCCSC1. The lowest BCUT2D eigenvalue weighted by Gasteiger charge is -2.25. The number of fused-ring (bicyclic) bond motifs is 1. The molecule has 2 heterocycles. The second-order valence-electron chi connectivity index (χ2n) is 4.66. The lowest BCUT2D eigenvalue weighted by Crippen LogP contribution is -2.26. The van der Waals surface area contributed by atoms with Gasteiger partial charge in [-0.05, 0) is 24.7 Å². The topological polar surface area (TPSA) is 50.9 Å². The van der Waals surface area contributed by atoms with E-state index < -0.39 is 0 Å². The Hall–Kier alpha value is -1.42. The fourth-order valence-electron chi connectivity index (χ4n) is 2.38. The van der Waals surface area contributed by atoms with E-state index in [1.165, 1.54) is 18.6 Å². The Morgan fingerprint density at radius 2 is 2.22 bits per heavy atom. The van der Waals surface area contributed by atoms with Gasteiger partial charge in [-0.15, -0.1) is 0 Å². The molecule has 1 aromatic heterocycles. The molecule has 1 fully saturated rings. The standard InChI is InChI=1S/C14H17N3S/c15-12-8-16-13-6-2-1-5-11(13)14(12)17-10-4-3-7-18-9-10/h1-2,5-6,8,10H,3-4,7,9,15H2,(H,16,17). The van der Waals surface area contributed by atoms with Crippen molar-refractivity contribution in [1.29, 1.82) is 0 Å². The van der Waals surface area contributed by atoms with Gasteiger partial charge in [0.05, 0.1) is 23.1 Å². The summed E-state index contributed by atoms with van der Waals surface area (Å²) in [6.07, 6.45) is 4.26. The van der Waals surface area contributed by atoms with Gasteiger partial charge >= 0.3 is 0 Å². The summed E-state index contributed by atoms with van der Waals surface area (Å²) < 4.78 is 0. The average molecular weight is 259 g/mol. The zero-order valence-corrected chi connectivity index (χ0v) is 11.0. The number of nitrogens with two attached hydrogens (primary N) is 1. The number of thioether (sulfide) groups is 1. The minimum Gasteiger partial charge on any atom is -0.396 e. The molecule has 94 valence electrons. The molecule has 1 aliphatic heterocycles. The Labute approximate surface area is 111 Å². The highest BCUT2D eigenvalue weighted by molar-refractivity contribution is 7.99. The molecule has 2 aromatic rings. The van der Waals surface area contributed by atoms with Crippen molar-refractivity contribution in [3.05, 3.63) is 30.5 Å². The van der Waals surface area contributed by atoms with Crippen LogP contribution in [0.1, 0.15) is 12.8 Å². The second-order valence-corrected chi connectivity index (χ2v) is 5.81. The minimum absolute atomic E-state index is 0.525. The predicted octanol–water partition coefficient (Wildman–Crippen LogP) is 3.12. The predicted molar refractivity (Wildman–Crippen MR) is 80.1 cm³/mol. The van der Waals surface area contributed by atoms with Gasteiger partial charge in [-0.2, -0.15) is 11.8 Å². The van der Waals surface area contributed by atoms with Crippen LogP contribution in [0.2, 0.25) is 0 Å². The molecule has 0 bridgehead atoms. The first kappa shape index (κ1) is 11.7. The van der Waals surface area contributed by atoms with Crippen molar-refractivity contribution in [3.8, 4) is 0 Å². The maximum atomic E-state index is 6.07. The van der Waals surface area contributed by atoms with Gasteiger partial charge in [0, 0.05) is 17.2 Å². The first-order valence-corrected chi connectivity index (χ1v) is 7.47. The molecule has 1 aromatic carbocycles. The molecule has 0 amide bonds. The fourth-order valence-corrected chi connectivity index (χ4v) is 3.45. The maximum Gasteiger partial charge on any atom is 0.0743 e. The molecule has 0 radical (unpaired) electrons. The van der Waals surface area contributed by atoms with Gasteiger partial charge in [-0.3, -0.25) is 4.98 Å². The van der Waals surface area contributed by atoms with Crippen molar-refractivity contribution < 1.29 is 0 Å². The number of nitrogens with one attached hydrogen (secondary N) is 1. The molecule has 1 aliphatic rings. The second kappa shape index (κ2) is 5.06. The highest BCUT2D eigenvalue weighted by Gasteiger charge is 2.16. The Bertz CT molecular complexity index is 550. The van der Waals surface area contributed by atoms with Gasteiger partial charge in [0.1, 0.15) is 0 Å². The summed E-state index contributed by atoms with van der Waals surface area (Å²) in [6, 6.07) is 8.67. The molecule has 0 spiro atoms. The first-order valence-electron chi connectivity index (χ1n) is 6.32. The van der Waals surface area contributed by atoms with Crippen molar-refractivity contribution in [1.82, 2.24) is 4.98 Å². The third kappa shape index (κ3) is 2.25. The Balaban J connectivity index is 1.96. The molecule has 18 heavy (non-hydrogen) atoms. The van der Waals surface area contributed by atoms with Gasteiger partial charge in [0.2, 0.25) is 0 Å². The molecule has 1 saturated heterocycles. The van der Waals surface area contributed by atoms with E-state index in [9.17, 15) is 0 Å². The highest BCUT2D eigenvalue weighted by atomic mass is 32.2. The van der Waals surface area contributed by atoms with Crippen LogP contribution in [0.4, 0.5) is 11.4 Å². The number of aromatic nitrogens is 1. The molecule has 3 nitrogen and oxygen atoms in total. The molecule has 3 rings (SSSR count). The van der Waals surface area contributed by atoms with E-state index in [0.29, 0.717) is 6.04 Å². The molecule has 1 atom stereocenters. The molecule has 4 heteroatoms. The summed E-state index contributed by atoms with van der Waals surface area (Å²) >= 11 is 2.01. The van der Waals surface area contributed by atoms with Crippen molar-refractivity contribution in [2.24, 2.45) is 0 Å².